The first-order valence-corrected chi connectivity index (χ1v) is 8.22. The van der Waals surface area contributed by atoms with Crippen molar-refractivity contribution in [1.82, 2.24) is 15.2 Å². The summed E-state index contributed by atoms with van der Waals surface area (Å²) in [6, 6.07) is 4.66. The van der Waals surface area contributed by atoms with E-state index < -0.39 is 0 Å². The molecule has 126 valence electrons. The summed E-state index contributed by atoms with van der Waals surface area (Å²) < 4.78 is 10.8. The van der Waals surface area contributed by atoms with E-state index in [0.717, 1.165) is 36.8 Å². The molecule has 1 aliphatic carbocycles. The van der Waals surface area contributed by atoms with Crippen LogP contribution in [0.3, 0.4) is 0 Å². The molecule has 1 aromatic heterocycles. The van der Waals surface area contributed by atoms with Crippen LogP contribution in [0.15, 0.2) is 18.3 Å². The fourth-order valence-corrected chi connectivity index (χ4v) is 2.99. The predicted octanol–water partition coefficient (Wildman–Crippen LogP) is 2.03. The average Bonchev–Trinajstić information content (AvgIpc) is 3.44. The molecule has 0 radical (unpaired) electrons. The first-order chi connectivity index (χ1) is 11.8. The monoisotopic (exact) mass is 327 g/mol. The van der Waals surface area contributed by atoms with Gasteiger partial charge < -0.3 is 19.7 Å². The lowest BCUT2D eigenvalue weighted by Gasteiger charge is -2.29. The van der Waals surface area contributed by atoms with Gasteiger partial charge in [0.25, 0.3) is 0 Å². The third kappa shape index (κ3) is 2.93. The summed E-state index contributed by atoms with van der Waals surface area (Å²) in [7, 11) is 3.32. The topological polar surface area (TPSA) is 72.4 Å². The molecule has 4 rings (SSSR count). The Bertz CT molecular complexity index is 748. The van der Waals surface area contributed by atoms with Crippen molar-refractivity contribution in [1.29, 1.82) is 0 Å². The highest BCUT2D eigenvalue weighted by atomic mass is 16.5. The molecule has 2 heterocycles. The standard InChI is InChI=1S/C17H21N5O2/c1-23-14-7-11-5-6-22(10-12(11)8-15(14)24-2)17-20-16(9-18-21-17)19-13-3-4-13/h7-9,13H,3-6,10H2,1-2H3,(H,19,20,21). The number of anilines is 2. The molecule has 0 saturated heterocycles. The summed E-state index contributed by atoms with van der Waals surface area (Å²) in [4.78, 5) is 6.76. The molecular formula is C17H21N5O2. The van der Waals surface area contributed by atoms with Crippen molar-refractivity contribution >= 4 is 11.8 Å². The van der Waals surface area contributed by atoms with Gasteiger partial charge in [0.1, 0.15) is 0 Å². The van der Waals surface area contributed by atoms with Crippen molar-refractivity contribution in [2.75, 3.05) is 31.0 Å². The molecule has 0 amide bonds. The van der Waals surface area contributed by atoms with Crippen molar-refractivity contribution in [3.63, 3.8) is 0 Å². The van der Waals surface area contributed by atoms with E-state index in [0.29, 0.717) is 12.0 Å². The minimum atomic E-state index is 0.549. The van der Waals surface area contributed by atoms with Crippen LogP contribution in [0.2, 0.25) is 0 Å². The van der Waals surface area contributed by atoms with E-state index in [1.807, 2.05) is 6.07 Å². The first kappa shape index (κ1) is 15.0. The summed E-state index contributed by atoms with van der Waals surface area (Å²) in [5.41, 5.74) is 2.49. The summed E-state index contributed by atoms with van der Waals surface area (Å²) in [6.45, 7) is 1.60. The zero-order valence-electron chi connectivity index (χ0n) is 14.0. The summed E-state index contributed by atoms with van der Waals surface area (Å²) in [6.07, 6.45) is 5.02. The number of nitrogens with zero attached hydrogens (tertiary/aromatic N) is 4. The maximum Gasteiger partial charge on any atom is 0.247 e. The van der Waals surface area contributed by atoms with Crippen molar-refractivity contribution in [2.24, 2.45) is 0 Å². The van der Waals surface area contributed by atoms with E-state index in [-0.39, 0.29) is 0 Å². The van der Waals surface area contributed by atoms with Gasteiger partial charge in [-0.3, -0.25) is 0 Å². The summed E-state index contributed by atoms with van der Waals surface area (Å²) in [5, 5.41) is 11.7. The van der Waals surface area contributed by atoms with Crippen molar-refractivity contribution < 1.29 is 9.47 Å². The van der Waals surface area contributed by atoms with E-state index in [1.165, 1.54) is 24.0 Å². The van der Waals surface area contributed by atoms with Gasteiger partial charge in [-0.15, -0.1) is 5.10 Å². The number of aromatic nitrogens is 3. The number of nitrogens with one attached hydrogen (secondary N) is 1. The number of fused-ring (bicyclic) bond motifs is 1. The second kappa shape index (κ2) is 6.14. The molecule has 2 aliphatic rings. The van der Waals surface area contributed by atoms with Crippen LogP contribution in [0.4, 0.5) is 11.8 Å². The Balaban J connectivity index is 1.57. The lowest BCUT2D eigenvalue weighted by Crippen LogP contribution is -2.32. The number of rotatable bonds is 5. The molecule has 0 unspecified atom stereocenters. The minimum absolute atomic E-state index is 0.549. The molecule has 1 aromatic carbocycles. The van der Waals surface area contributed by atoms with Crippen LogP contribution in [-0.2, 0) is 13.0 Å². The Morgan fingerprint density at radius 1 is 1.12 bits per heavy atom. The zero-order valence-corrected chi connectivity index (χ0v) is 14.0. The van der Waals surface area contributed by atoms with Crippen LogP contribution < -0.4 is 19.7 Å². The molecule has 1 saturated carbocycles. The van der Waals surface area contributed by atoms with Crippen molar-refractivity contribution in [3.05, 3.63) is 29.5 Å². The van der Waals surface area contributed by atoms with Crippen LogP contribution in [0.5, 0.6) is 11.5 Å². The van der Waals surface area contributed by atoms with Gasteiger partial charge >= 0.3 is 0 Å². The Hall–Kier alpha value is -2.57. The fraction of sp³-hybridized carbons (Fsp3) is 0.471. The Labute approximate surface area is 141 Å². The number of ether oxygens (including phenoxy) is 2. The fourth-order valence-electron chi connectivity index (χ4n) is 2.99. The first-order valence-electron chi connectivity index (χ1n) is 8.22. The maximum atomic E-state index is 5.42. The largest absolute Gasteiger partial charge is 0.493 e. The van der Waals surface area contributed by atoms with Crippen LogP contribution in [0.25, 0.3) is 0 Å². The van der Waals surface area contributed by atoms with E-state index >= 15 is 0 Å². The van der Waals surface area contributed by atoms with Gasteiger partial charge in [0.05, 0.1) is 20.4 Å². The molecule has 0 atom stereocenters. The van der Waals surface area contributed by atoms with Crippen LogP contribution >= 0.6 is 0 Å². The number of benzene rings is 1. The number of methoxy groups -OCH3 is 2. The van der Waals surface area contributed by atoms with Crippen molar-refractivity contribution in [3.8, 4) is 11.5 Å². The van der Waals surface area contributed by atoms with E-state index in [9.17, 15) is 0 Å². The van der Waals surface area contributed by atoms with E-state index in [1.54, 1.807) is 20.4 Å². The van der Waals surface area contributed by atoms with Gasteiger partial charge in [-0.25, -0.2) is 0 Å². The molecule has 0 spiro atoms. The van der Waals surface area contributed by atoms with Gasteiger partial charge in [-0.2, -0.15) is 10.1 Å². The Morgan fingerprint density at radius 2 is 1.88 bits per heavy atom. The molecule has 1 N–H and O–H groups in total. The van der Waals surface area contributed by atoms with Crippen molar-refractivity contribution in [2.45, 2.75) is 31.8 Å². The normalized spacial score (nSPS) is 16.5. The highest BCUT2D eigenvalue weighted by molar-refractivity contribution is 5.51. The molecular weight excluding hydrogens is 306 g/mol. The maximum absolute atomic E-state index is 5.42. The molecule has 0 bridgehead atoms. The Morgan fingerprint density at radius 3 is 2.58 bits per heavy atom. The summed E-state index contributed by atoms with van der Waals surface area (Å²) >= 11 is 0. The number of hydrogen-bond acceptors (Lipinski definition) is 7. The minimum Gasteiger partial charge on any atom is -0.493 e. The molecule has 24 heavy (non-hydrogen) atoms. The van der Waals surface area contributed by atoms with Crippen LogP contribution in [0.1, 0.15) is 24.0 Å². The third-order valence-corrected chi connectivity index (χ3v) is 4.48. The molecule has 7 heteroatoms. The number of hydrogen-bond donors (Lipinski definition) is 1. The summed E-state index contributed by atoms with van der Waals surface area (Å²) in [5.74, 6) is 3.00. The third-order valence-electron chi connectivity index (χ3n) is 4.48. The van der Waals surface area contributed by atoms with Crippen LogP contribution in [-0.4, -0.2) is 42.0 Å². The second-order valence-electron chi connectivity index (χ2n) is 6.21. The van der Waals surface area contributed by atoms with E-state index in [4.69, 9.17) is 9.47 Å². The van der Waals surface area contributed by atoms with Gasteiger partial charge in [-0.1, -0.05) is 0 Å². The lowest BCUT2D eigenvalue weighted by molar-refractivity contribution is 0.353. The molecule has 7 nitrogen and oxygen atoms in total. The molecule has 1 fully saturated rings. The van der Waals surface area contributed by atoms with Gasteiger partial charge in [0.15, 0.2) is 17.3 Å². The predicted molar refractivity (Wildman–Crippen MR) is 90.8 cm³/mol. The van der Waals surface area contributed by atoms with Gasteiger partial charge in [0, 0.05) is 19.1 Å². The average molecular weight is 327 g/mol. The lowest BCUT2D eigenvalue weighted by atomic mass is 9.99. The molecule has 1 aliphatic heterocycles. The van der Waals surface area contributed by atoms with E-state index in [2.05, 4.69) is 31.5 Å². The van der Waals surface area contributed by atoms with Gasteiger partial charge in [0.2, 0.25) is 5.95 Å². The smallest absolute Gasteiger partial charge is 0.247 e. The van der Waals surface area contributed by atoms with Crippen LogP contribution in [0, 0.1) is 0 Å². The van der Waals surface area contributed by atoms with Gasteiger partial charge in [-0.05, 0) is 42.5 Å². The Kier molecular flexibility index (Phi) is 3.84. The quantitative estimate of drug-likeness (QED) is 0.900. The SMILES string of the molecule is COc1cc2c(cc1OC)CN(c1nncc(NC3CC3)n1)CC2. The molecule has 2 aromatic rings. The highest BCUT2D eigenvalue weighted by Gasteiger charge is 2.24. The highest BCUT2D eigenvalue weighted by Crippen LogP contribution is 2.34. The zero-order chi connectivity index (χ0) is 16.5. The second-order valence-corrected chi connectivity index (χ2v) is 6.21.